The van der Waals surface area contributed by atoms with Gasteiger partial charge in [-0.05, 0) is 25.1 Å². The van der Waals surface area contributed by atoms with Crippen LogP contribution in [0, 0.1) is 0 Å². The molecule has 2 aromatic heterocycles. The van der Waals surface area contributed by atoms with Crippen LogP contribution in [0.2, 0.25) is 0 Å². The van der Waals surface area contributed by atoms with Crippen LogP contribution in [0.1, 0.15) is 23.7 Å². The van der Waals surface area contributed by atoms with Gasteiger partial charge in [-0.2, -0.15) is 0 Å². The Hall–Kier alpha value is -3.39. The minimum Gasteiger partial charge on any atom is -0.493 e. The average molecular weight is 406 g/mol. The topological polar surface area (TPSA) is 89.6 Å². The van der Waals surface area contributed by atoms with Crippen molar-refractivity contribution >= 4 is 0 Å². The summed E-state index contributed by atoms with van der Waals surface area (Å²) < 4.78 is 16.8. The van der Waals surface area contributed by atoms with E-state index in [0.717, 1.165) is 40.4 Å². The summed E-state index contributed by atoms with van der Waals surface area (Å²) in [5, 5.41) is 0. The van der Waals surface area contributed by atoms with E-state index < -0.39 is 0 Å². The van der Waals surface area contributed by atoms with Gasteiger partial charge in [0, 0.05) is 55.6 Å². The molecule has 30 heavy (non-hydrogen) atoms. The summed E-state index contributed by atoms with van der Waals surface area (Å²) in [6.07, 6.45) is 4.10. The van der Waals surface area contributed by atoms with Crippen LogP contribution >= 0.6 is 0 Å². The number of aromatic amines is 1. The van der Waals surface area contributed by atoms with Gasteiger partial charge in [-0.15, -0.1) is 0 Å². The summed E-state index contributed by atoms with van der Waals surface area (Å²) in [5.41, 5.74) is 3.36. The van der Waals surface area contributed by atoms with E-state index >= 15 is 0 Å². The second kappa shape index (κ2) is 7.79. The second-order valence-corrected chi connectivity index (χ2v) is 7.28. The fourth-order valence-electron chi connectivity index (χ4n) is 3.88. The van der Waals surface area contributed by atoms with Crippen LogP contribution in [0.15, 0.2) is 41.5 Å². The van der Waals surface area contributed by atoms with Crippen LogP contribution in [0.4, 0.5) is 0 Å². The Balaban J connectivity index is 1.40. The van der Waals surface area contributed by atoms with Crippen molar-refractivity contribution in [2.45, 2.75) is 26.4 Å². The molecule has 0 atom stereocenters. The maximum absolute atomic E-state index is 12.8. The van der Waals surface area contributed by atoms with E-state index in [1.807, 2.05) is 31.2 Å². The molecule has 0 bridgehead atoms. The third kappa shape index (κ3) is 3.50. The van der Waals surface area contributed by atoms with Crippen LogP contribution in [0.25, 0.3) is 11.4 Å². The highest BCUT2D eigenvalue weighted by molar-refractivity contribution is 5.54. The molecule has 0 amide bonds. The number of nitrogens with one attached hydrogen (secondary N) is 1. The number of ether oxygens (including phenoxy) is 3. The van der Waals surface area contributed by atoms with Crippen molar-refractivity contribution in [3.05, 3.63) is 63.8 Å². The molecule has 154 valence electrons. The number of pyridine rings is 1. The predicted octanol–water partition coefficient (Wildman–Crippen LogP) is 2.52. The molecule has 2 aliphatic rings. The molecule has 0 spiro atoms. The van der Waals surface area contributed by atoms with Crippen LogP contribution < -0.4 is 19.8 Å². The Kier molecular flexibility index (Phi) is 4.84. The Bertz CT molecular complexity index is 1130. The highest BCUT2D eigenvalue weighted by Gasteiger charge is 2.24. The highest BCUT2D eigenvalue weighted by Crippen LogP contribution is 2.39. The largest absolute Gasteiger partial charge is 0.493 e. The summed E-state index contributed by atoms with van der Waals surface area (Å²) >= 11 is 0. The molecule has 5 rings (SSSR count). The van der Waals surface area contributed by atoms with Gasteiger partial charge in [0.05, 0.1) is 17.9 Å². The van der Waals surface area contributed by atoms with Gasteiger partial charge >= 0.3 is 0 Å². The van der Waals surface area contributed by atoms with Crippen molar-refractivity contribution in [2.75, 3.05) is 19.9 Å². The van der Waals surface area contributed by atoms with Crippen molar-refractivity contribution < 1.29 is 14.2 Å². The first-order valence-electron chi connectivity index (χ1n) is 10.0. The number of rotatable bonds is 5. The zero-order valence-electron chi connectivity index (χ0n) is 16.7. The first-order chi connectivity index (χ1) is 14.7. The molecular weight excluding hydrogens is 384 g/mol. The SMILES string of the molecule is CCOc1cc2c(cc1CN1CCc3nc(-c4ccncc4)[nH]c(=O)c3C1)OCO2. The molecule has 0 radical (unpaired) electrons. The van der Waals surface area contributed by atoms with E-state index in [4.69, 9.17) is 19.2 Å². The quantitative estimate of drug-likeness (QED) is 0.696. The lowest BCUT2D eigenvalue weighted by atomic mass is 10.0. The summed E-state index contributed by atoms with van der Waals surface area (Å²) in [4.78, 5) is 26.7. The number of hydrogen-bond acceptors (Lipinski definition) is 7. The van der Waals surface area contributed by atoms with Gasteiger partial charge in [0.25, 0.3) is 5.56 Å². The fraction of sp³-hybridized carbons (Fsp3) is 0.318. The number of H-pyrrole nitrogens is 1. The first-order valence-corrected chi connectivity index (χ1v) is 10.0. The van der Waals surface area contributed by atoms with Gasteiger partial charge in [-0.1, -0.05) is 0 Å². The standard InChI is InChI=1S/C22H22N4O4/c1-2-28-18-10-20-19(29-13-30-20)9-15(18)11-26-8-5-17-16(12-26)22(27)25-21(24-17)14-3-6-23-7-4-14/h3-4,6-7,9-10H,2,5,8,11-13H2,1H3,(H,24,25,27). The van der Waals surface area contributed by atoms with Crippen molar-refractivity contribution in [3.8, 4) is 28.6 Å². The lowest BCUT2D eigenvalue weighted by Gasteiger charge is -2.28. The molecular formula is C22H22N4O4. The summed E-state index contributed by atoms with van der Waals surface area (Å²) in [6.45, 7) is 4.74. The Morgan fingerprint density at radius 2 is 2.00 bits per heavy atom. The molecule has 0 saturated heterocycles. The molecule has 8 nitrogen and oxygen atoms in total. The zero-order valence-corrected chi connectivity index (χ0v) is 16.7. The van der Waals surface area contributed by atoms with Gasteiger partial charge in [0.1, 0.15) is 11.6 Å². The van der Waals surface area contributed by atoms with Crippen LogP contribution in [-0.4, -0.2) is 39.8 Å². The Morgan fingerprint density at radius 1 is 1.20 bits per heavy atom. The number of hydrogen-bond donors (Lipinski definition) is 1. The second-order valence-electron chi connectivity index (χ2n) is 7.28. The van der Waals surface area contributed by atoms with E-state index in [1.54, 1.807) is 12.4 Å². The van der Waals surface area contributed by atoms with Gasteiger partial charge in [-0.3, -0.25) is 14.7 Å². The van der Waals surface area contributed by atoms with Crippen LogP contribution in [0.3, 0.4) is 0 Å². The third-order valence-corrected chi connectivity index (χ3v) is 5.35. The molecule has 4 heterocycles. The van der Waals surface area contributed by atoms with Crippen molar-refractivity contribution in [2.24, 2.45) is 0 Å². The number of benzene rings is 1. The number of aromatic nitrogens is 3. The van der Waals surface area contributed by atoms with Gasteiger partial charge in [0.15, 0.2) is 11.5 Å². The Labute approximate surface area is 173 Å². The normalized spacial score (nSPS) is 15.1. The monoisotopic (exact) mass is 406 g/mol. The average Bonchev–Trinajstić information content (AvgIpc) is 3.22. The Morgan fingerprint density at radius 3 is 2.80 bits per heavy atom. The minimum atomic E-state index is -0.0905. The molecule has 3 aromatic rings. The number of nitrogens with zero attached hydrogens (tertiary/aromatic N) is 3. The molecule has 1 aromatic carbocycles. The first kappa shape index (κ1) is 18.6. The molecule has 8 heteroatoms. The van der Waals surface area contributed by atoms with Crippen LogP contribution in [0.5, 0.6) is 17.2 Å². The summed E-state index contributed by atoms with van der Waals surface area (Å²) in [5.74, 6) is 2.81. The molecule has 0 unspecified atom stereocenters. The lowest BCUT2D eigenvalue weighted by Crippen LogP contribution is -2.35. The highest BCUT2D eigenvalue weighted by atomic mass is 16.7. The maximum atomic E-state index is 12.8. The third-order valence-electron chi connectivity index (χ3n) is 5.35. The minimum absolute atomic E-state index is 0.0905. The fourth-order valence-corrected chi connectivity index (χ4v) is 3.88. The van der Waals surface area contributed by atoms with Crippen molar-refractivity contribution in [1.82, 2.24) is 19.9 Å². The van der Waals surface area contributed by atoms with E-state index in [1.165, 1.54) is 0 Å². The zero-order chi connectivity index (χ0) is 20.5. The molecule has 2 aliphatic heterocycles. The molecule has 0 fully saturated rings. The summed E-state index contributed by atoms with van der Waals surface area (Å²) in [7, 11) is 0. The predicted molar refractivity (Wildman–Crippen MR) is 110 cm³/mol. The number of fused-ring (bicyclic) bond motifs is 2. The lowest BCUT2D eigenvalue weighted by molar-refractivity contribution is 0.173. The maximum Gasteiger partial charge on any atom is 0.255 e. The van der Waals surface area contributed by atoms with Crippen LogP contribution in [-0.2, 0) is 19.5 Å². The molecule has 0 aliphatic carbocycles. The molecule has 0 saturated carbocycles. The summed E-state index contributed by atoms with van der Waals surface area (Å²) in [6, 6.07) is 7.54. The van der Waals surface area contributed by atoms with E-state index in [-0.39, 0.29) is 12.4 Å². The smallest absolute Gasteiger partial charge is 0.255 e. The van der Waals surface area contributed by atoms with Gasteiger partial charge in [-0.25, -0.2) is 4.98 Å². The van der Waals surface area contributed by atoms with Gasteiger partial charge < -0.3 is 19.2 Å². The van der Waals surface area contributed by atoms with Crippen molar-refractivity contribution in [3.63, 3.8) is 0 Å². The van der Waals surface area contributed by atoms with E-state index in [0.29, 0.717) is 37.7 Å². The van der Waals surface area contributed by atoms with E-state index in [9.17, 15) is 4.79 Å². The molecule has 1 N–H and O–H groups in total. The van der Waals surface area contributed by atoms with E-state index in [2.05, 4.69) is 14.9 Å². The van der Waals surface area contributed by atoms with Crippen molar-refractivity contribution in [1.29, 1.82) is 0 Å². The van der Waals surface area contributed by atoms with Gasteiger partial charge in [0.2, 0.25) is 6.79 Å².